The van der Waals surface area contributed by atoms with Crippen LogP contribution in [0.4, 0.5) is 10.5 Å². The molecule has 0 radical (unpaired) electrons. The smallest absolute Gasteiger partial charge is 0.319 e. The molecule has 23 heavy (non-hydrogen) atoms. The Morgan fingerprint density at radius 1 is 1.35 bits per heavy atom. The van der Waals surface area contributed by atoms with E-state index in [9.17, 15) is 9.59 Å². The van der Waals surface area contributed by atoms with Gasteiger partial charge < -0.3 is 21.3 Å². The highest BCUT2D eigenvalue weighted by molar-refractivity contribution is 5.97. The van der Waals surface area contributed by atoms with Crippen LogP contribution in [-0.2, 0) is 0 Å². The third-order valence-electron chi connectivity index (χ3n) is 3.95. The number of carbonyl (C=O) groups excluding carboxylic acids is 2. The molecule has 6 nitrogen and oxygen atoms in total. The number of likely N-dealkylation sites (tertiary alicyclic amines) is 1. The Hall–Kier alpha value is -2.08. The molecule has 1 aliphatic heterocycles. The topological polar surface area (TPSA) is 87.5 Å². The van der Waals surface area contributed by atoms with Crippen LogP contribution >= 0.6 is 0 Å². The van der Waals surface area contributed by atoms with Crippen molar-refractivity contribution in [1.82, 2.24) is 10.2 Å². The Kier molecular flexibility index (Phi) is 5.98. The lowest BCUT2D eigenvalue weighted by atomic mass is 10.0. The molecule has 0 saturated carbocycles. The van der Waals surface area contributed by atoms with Crippen LogP contribution in [0, 0.1) is 0 Å². The Balaban J connectivity index is 2.09. The van der Waals surface area contributed by atoms with Crippen LogP contribution in [0.5, 0.6) is 0 Å². The van der Waals surface area contributed by atoms with Gasteiger partial charge in [-0.3, -0.25) is 4.79 Å². The number of rotatable bonds is 4. The van der Waals surface area contributed by atoms with E-state index in [2.05, 4.69) is 10.6 Å². The summed E-state index contributed by atoms with van der Waals surface area (Å²) in [6.45, 7) is 5.01. The average molecular weight is 318 g/mol. The summed E-state index contributed by atoms with van der Waals surface area (Å²) in [5, 5.41) is 5.51. The summed E-state index contributed by atoms with van der Waals surface area (Å²) < 4.78 is 0. The minimum absolute atomic E-state index is 0.0203. The van der Waals surface area contributed by atoms with Crippen LogP contribution in [0.3, 0.4) is 0 Å². The summed E-state index contributed by atoms with van der Waals surface area (Å²) in [6.07, 6.45) is 3.08. The van der Waals surface area contributed by atoms with Gasteiger partial charge in [-0.05, 0) is 51.3 Å². The molecule has 1 aliphatic rings. The number of hydrogen-bond acceptors (Lipinski definition) is 3. The molecular formula is C17H26N4O2. The summed E-state index contributed by atoms with van der Waals surface area (Å²) in [5.41, 5.74) is 6.98. The molecule has 1 heterocycles. The molecule has 1 aromatic carbocycles. The van der Waals surface area contributed by atoms with E-state index >= 15 is 0 Å². The number of piperidine rings is 1. The summed E-state index contributed by atoms with van der Waals surface area (Å²) in [6, 6.07) is 6.92. The van der Waals surface area contributed by atoms with Gasteiger partial charge in [0.15, 0.2) is 0 Å². The number of benzene rings is 1. The molecule has 3 amide bonds. The zero-order valence-electron chi connectivity index (χ0n) is 13.8. The van der Waals surface area contributed by atoms with Crippen LogP contribution in [0.15, 0.2) is 24.3 Å². The first-order valence-corrected chi connectivity index (χ1v) is 8.20. The van der Waals surface area contributed by atoms with Gasteiger partial charge in [0.05, 0.1) is 0 Å². The molecule has 0 aliphatic carbocycles. The molecule has 2 rings (SSSR count). The number of amides is 3. The minimum Gasteiger partial charge on any atom is -0.336 e. The lowest BCUT2D eigenvalue weighted by molar-refractivity contribution is 0.0623. The molecule has 1 aromatic rings. The summed E-state index contributed by atoms with van der Waals surface area (Å²) >= 11 is 0. The van der Waals surface area contributed by atoms with E-state index < -0.39 is 0 Å². The van der Waals surface area contributed by atoms with Crippen LogP contribution in [0.2, 0.25) is 0 Å². The molecule has 126 valence electrons. The molecule has 4 N–H and O–H groups in total. The Bertz CT molecular complexity index is 559. The van der Waals surface area contributed by atoms with Crippen molar-refractivity contribution in [2.24, 2.45) is 5.73 Å². The molecule has 0 aromatic heterocycles. The van der Waals surface area contributed by atoms with E-state index in [1.807, 2.05) is 18.7 Å². The van der Waals surface area contributed by atoms with Crippen molar-refractivity contribution in [2.75, 3.05) is 18.4 Å². The van der Waals surface area contributed by atoms with Crippen LogP contribution in [0.25, 0.3) is 0 Å². The van der Waals surface area contributed by atoms with Crippen LogP contribution in [-0.4, -0.2) is 42.0 Å². The molecule has 1 saturated heterocycles. The highest BCUT2D eigenvalue weighted by Crippen LogP contribution is 2.20. The number of hydrogen-bond donors (Lipinski definition) is 3. The lowest BCUT2D eigenvalue weighted by Gasteiger charge is -2.35. The predicted octanol–water partition coefficient (Wildman–Crippen LogP) is 2.17. The third-order valence-corrected chi connectivity index (χ3v) is 3.95. The zero-order valence-corrected chi connectivity index (χ0v) is 13.8. The molecule has 6 heteroatoms. The number of urea groups is 1. The third kappa shape index (κ3) is 4.69. The average Bonchev–Trinajstić information content (AvgIpc) is 2.53. The zero-order chi connectivity index (χ0) is 16.8. The first-order chi connectivity index (χ1) is 11.0. The number of nitrogens with one attached hydrogen (secondary N) is 2. The summed E-state index contributed by atoms with van der Waals surface area (Å²) in [5.74, 6) is -0.0203. The number of nitrogens with two attached hydrogens (primary N) is 1. The lowest BCUT2D eigenvalue weighted by Crippen LogP contribution is -2.47. The fraction of sp³-hybridized carbons (Fsp3) is 0.529. The first-order valence-electron chi connectivity index (χ1n) is 8.20. The predicted molar refractivity (Wildman–Crippen MR) is 91.5 cm³/mol. The molecule has 1 fully saturated rings. The largest absolute Gasteiger partial charge is 0.336 e. The number of nitrogens with zero attached hydrogens (tertiary/aromatic N) is 1. The van der Waals surface area contributed by atoms with Gasteiger partial charge in [0.1, 0.15) is 0 Å². The van der Waals surface area contributed by atoms with Crippen molar-refractivity contribution in [1.29, 1.82) is 0 Å². The van der Waals surface area contributed by atoms with Crippen molar-refractivity contribution in [3.05, 3.63) is 29.8 Å². The highest BCUT2D eigenvalue weighted by Gasteiger charge is 2.26. The van der Waals surface area contributed by atoms with Gasteiger partial charge in [-0.2, -0.15) is 0 Å². The van der Waals surface area contributed by atoms with Crippen molar-refractivity contribution in [3.8, 4) is 0 Å². The fourth-order valence-electron chi connectivity index (χ4n) is 2.84. The van der Waals surface area contributed by atoms with E-state index in [1.165, 1.54) is 0 Å². The van der Waals surface area contributed by atoms with Crippen LogP contribution in [0.1, 0.15) is 43.5 Å². The minimum atomic E-state index is -0.276. The van der Waals surface area contributed by atoms with E-state index in [0.717, 1.165) is 25.8 Å². The standard InChI is InChI=1S/C17H26N4O2/c1-12(2)19-17(23)20-14-7-5-6-13(10-14)16(22)21-9-4-3-8-15(21)11-18/h5-7,10,12,15H,3-4,8-9,11,18H2,1-2H3,(H2,19,20,23). The molecular weight excluding hydrogens is 292 g/mol. The monoisotopic (exact) mass is 318 g/mol. The normalized spacial score (nSPS) is 17.9. The first kappa shape index (κ1) is 17.3. The second-order valence-electron chi connectivity index (χ2n) is 6.22. The SMILES string of the molecule is CC(C)NC(=O)Nc1cccc(C(=O)N2CCCCC2CN)c1. The van der Waals surface area contributed by atoms with Crippen molar-refractivity contribution >= 4 is 17.6 Å². The Morgan fingerprint density at radius 3 is 2.83 bits per heavy atom. The van der Waals surface area contributed by atoms with Crippen LogP contribution < -0.4 is 16.4 Å². The summed E-state index contributed by atoms with van der Waals surface area (Å²) in [7, 11) is 0. The van der Waals surface area contributed by atoms with E-state index in [-0.39, 0.29) is 24.0 Å². The molecule has 0 bridgehead atoms. The Morgan fingerprint density at radius 2 is 2.13 bits per heavy atom. The quantitative estimate of drug-likeness (QED) is 0.795. The molecule has 1 unspecified atom stereocenters. The van der Waals surface area contributed by atoms with E-state index in [0.29, 0.717) is 17.8 Å². The van der Waals surface area contributed by atoms with Crippen molar-refractivity contribution in [3.63, 3.8) is 0 Å². The highest BCUT2D eigenvalue weighted by atomic mass is 16.2. The second-order valence-corrected chi connectivity index (χ2v) is 6.22. The van der Waals surface area contributed by atoms with Gasteiger partial charge in [0, 0.05) is 36.4 Å². The van der Waals surface area contributed by atoms with Gasteiger partial charge in [0.25, 0.3) is 5.91 Å². The maximum Gasteiger partial charge on any atom is 0.319 e. The van der Waals surface area contributed by atoms with Gasteiger partial charge >= 0.3 is 6.03 Å². The number of anilines is 1. The maximum absolute atomic E-state index is 12.7. The summed E-state index contributed by atoms with van der Waals surface area (Å²) in [4.78, 5) is 26.4. The fourth-order valence-corrected chi connectivity index (χ4v) is 2.84. The van der Waals surface area contributed by atoms with Gasteiger partial charge in [-0.15, -0.1) is 0 Å². The van der Waals surface area contributed by atoms with Crippen molar-refractivity contribution < 1.29 is 9.59 Å². The van der Waals surface area contributed by atoms with Crippen molar-refractivity contribution in [2.45, 2.75) is 45.2 Å². The molecule has 1 atom stereocenters. The van der Waals surface area contributed by atoms with E-state index in [4.69, 9.17) is 5.73 Å². The Labute approximate surface area is 137 Å². The van der Waals surface area contributed by atoms with Gasteiger partial charge in [-0.1, -0.05) is 6.07 Å². The van der Waals surface area contributed by atoms with E-state index in [1.54, 1.807) is 24.3 Å². The maximum atomic E-state index is 12.7. The molecule has 0 spiro atoms. The van der Waals surface area contributed by atoms with Gasteiger partial charge in [-0.25, -0.2) is 4.79 Å². The number of carbonyl (C=O) groups is 2. The second kappa shape index (κ2) is 7.97. The van der Waals surface area contributed by atoms with Gasteiger partial charge in [0.2, 0.25) is 0 Å².